The highest BCUT2D eigenvalue weighted by Gasteiger charge is 2.60. The van der Waals surface area contributed by atoms with Gasteiger partial charge in [-0.25, -0.2) is 4.79 Å². The van der Waals surface area contributed by atoms with Gasteiger partial charge in [0.05, 0.1) is 26.2 Å². The van der Waals surface area contributed by atoms with Gasteiger partial charge in [-0.2, -0.15) is 0 Å². The highest BCUT2D eigenvalue weighted by molar-refractivity contribution is 5.89. The number of methoxy groups -OCH3 is 1. The first-order valence-corrected chi connectivity index (χ1v) is 11.0. The fourth-order valence-electron chi connectivity index (χ4n) is 4.43. The van der Waals surface area contributed by atoms with E-state index >= 15 is 0 Å². The summed E-state index contributed by atoms with van der Waals surface area (Å²) in [6.45, 7) is 7.65. The summed E-state index contributed by atoms with van der Waals surface area (Å²) in [7, 11) is 3.04. The maximum absolute atomic E-state index is 13.2. The average Bonchev–Trinajstić information content (AvgIpc) is 3.36. The van der Waals surface area contributed by atoms with Gasteiger partial charge in [-0.15, -0.1) is 0 Å². The second-order valence-electron chi connectivity index (χ2n) is 9.42. The van der Waals surface area contributed by atoms with Gasteiger partial charge in [0.1, 0.15) is 18.3 Å². The summed E-state index contributed by atoms with van der Waals surface area (Å²) in [5.41, 5.74) is 1.39. The van der Waals surface area contributed by atoms with Gasteiger partial charge in [0.25, 0.3) is 0 Å². The summed E-state index contributed by atoms with van der Waals surface area (Å²) >= 11 is 0. The number of nitrogens with zero attached hydrogens (tertiary/aromatic N) is 1. The Kier molecular flexibility index (Phi) is 6.41. The van der Waals surface area contributed by atoms with E-state index in [0.717, 1.165) is 5.56 Å². The summed E-state index contributed by atoms with van der Waals surface area (Å²) < 4.78 is 34.6. The number of ether oxygens (including phenoxy) is 6. The average molecular weight is 465 g/mol. The van der Waals surface area contributed by atoms with Crippen molar-refractivity contribution in [3.05, 3.63) is 29.8 Å². The minimum absolute atomic E-state index is 0.168. The molecule has 10 heteroatoms. The van der Waals surface area contributed by atoms with Crippen LogP contribution in [0.1, 0.15) is 33.3 Å². The van der Waals surface area contributed by atoms with Crippen LogP contribution in [0.15, 0.2) is 24.3 Å². The Morgan fingerprint density at radius 3 is 2.36 bits per heavy atom. The molecule has 10 nitrogen and oxygen atoms in total. The van der Waals surface area contributed by atoms with E-state index < -0.39 is 36.1 Å². The van der Waals surface area contributed by atoms with Gasteiger partial charge < -0.3 is 38.6 Å². The fraction of sp³-hybridized carbons (Fsp3) is 0.652. The van der Waals surface area contributed by atoms with Crippen molar-refractivity contribution >= 4 is 17.7 Å². The third kappa shape index (κ3) is 5.15. The fourth-order valence-corrected chi connectivity index (χ4v) is 4.43. The molecule has 0 aliphatic carbocycles. The SMILES string of the molecule is COC(=O)Cc1ccc(NC(=O)N(C)[C@H]2[C@H]3OC(C)(C)O[C@H]3O[C@@H]2[C@H]2COC(C)(C)O2)cc1. The molecule has 0 unspecified atom stereocenters. The quantitative estimate of drug-likeness (QED) is 0.662. The predicted octanol–water partition coefficient (Wildman–Crippen LogP) is 2.26. The van der Waals surface area contributed by atoms with Crippen LogP contribution in [-0.4, -0.2) is 79.9 Å². The third-order valence-electron chi connectivity index (χ3n) is 6.00. The summed E-state index contributed by atoms with van der Waals surface area (Å²) in [5, 5.41) is 2.89. The first-order valence-electron chi connectivity index (χ1n) is 11.0. The van der Waals surface area contributed by atoms with Crippen LogP contribution >= 0.6 is 0 Å². The lowest BCUT2D eigenvalue weighted by Crippen LogP contribution is -2.54. The molecule has 1 aromatic rings. The zero-order chi connectivity index (χ0) is 24.0. The molecule has 3 saturated heterocycles. The molecule has 3 heterocycles. The largest absolute Gasteiger partial charge is 0.469 e. The highest BCUT2D eigenvalue weighted by Crippen LogP contribution is 2.42. The number of fused-ring (bicyclic) bond motifs is 1. The number of rotatable bonds is 5. The van der Waals surface area contributed by atoms with Crippen molar-refractivity contribution in [2.24, 2.45) is 0 Å². The Morgan fingerprint density at radius 2 is 1.76 bits per heavy atom. The number of urea groups is 1. The second-order valence-corrected chi connectivity index (χ2v) is 9.42. The van der Waals surface area contributed by atoms with Gasteiger partial charge in [-0.3, -0.25) is 4.79 Å². The van der Waals surface area contributed by atoms with E-state index in [2.05, 4.69) is 10.1 Å². The third-order valence-corrected chi connectivity index (χ3v) is 6.00. The van der Waals surface area contributed by atoms with Gasteiger partial charge >= 0.3 is 12.0 Å². The highest BCUT2D eigenvalue weighted by atomic mass is 16.8. The molecular weight excluding hydrogens is 432 g/mol. The molecule has 3 aliphatic heterocycles. The molecule has 1 N–H and O–H groups in total. The number of carbonyl (C=O) groups excluding carboxylic acids is 2. The summed E-state index contributed by atoms with van der Waals surface area (Å²) in [6.07, 6.45) is -1.79. The van der Waals surface area contributed by atoms with Crippen LogP contribution in [0.4, 0.5) is 10.5 Å². The molecule has 5 atom stereocenters. The van der Waals surface area contributed by atoms with Crippen LogP contribution in [0.5, 0.6) is 0 Å². The predicted molar refractivity (Wildman–Crippen MR) is 116 cm³/mol. The van der Waals surface area contributed by atoms with Crippen molar-refractivity contribution in [3.63, 3.8) is 0 Å². The smallest absolute Gasteiger partial charge is 0.322 e. The van der Waals surface area contributed by atoms with E-state index in [-0.39, 0.29) is 24.5 Å². The summed E-state index contributed by atoms with van der Waals surface area (Å²) in [4.78, 5) is 26.2. The summed E-state index contributed by atoms with van der Waals surface area (Å²) in [5.74, 6) is -1.88. The first kappa shape index (κ1) is 23.9. The van der Waals surface area contributed by atoms with Gasteiger partial charge in [0.15, 0.2) is 17.9 Å². The number of benzene rings is 1. The molecule has 3 aliphatic rings. The molecule has 0 saturated carbocycles. The lowest BCUT2D eigenvalue weighted by molar-refractivity contribution is -0.226. The molecule has 2 amide bonds. The molecule has 0 bridgehead atoms. The maximum Gasteiger partial charge on any atom is 0.322 e. The number of anilines is 1. The Hall–Kier alpha value is -2.24. The van der Waals surface area contributed by atoms with E-state index in [1.165, 1.54) is 7.11 Å². The lowest BCUT2D eigenvalue weighted by Gasteiger charge is -2.34. The Bertz CT molecular complexity index is 887. The normalized spacial score (nSPS) is 31.8. The number of esters is 1. The molecule has 33 heavy (non-hydrogen) atoms. The first-order chi connectivity index (χ1) is 15.5. The van der Waals surface area contributed by atoms with Crippen molar-refractivity contribution < 1.29 is 38.0 Å². The van der Waals surface area contributed by atoms with Crippen LogP contribution in [0.2, 0.25) is 0 Å². The van der Waals surface area contributed by atoms with E-state index in [1.807, 2.05) is 27.7 Å². The lowest BCUT2D eigenvalue weighted by atomic mass is 10.0. The van der Waals surface area contributed by atoms with Crippen LogP contribution in [0.3, 0.4) is 0 Å². The number of hydrogen-bond acceptors (Lipinski definition) is 8. The van der Waals surface area contributed by atoms with E-state index in [4.69, 9.17) is 23.7 Å². The number of nitrogens with one attached hydrogen (secondary N) is 1. The zero-order valence-corrected chi connectivity index (χ0v) is 19.8. The van der Waals surface area contributed by atoms with Gasteiger partial charge in [0.2, 0.25) is 0 Å². The number of likely N-dealkylation sites (N-methyl/N-ethyl adjacent to an activating group) is 1. The van der Waals surface area contributed by atoms with Crippen LogP contribution in [-0.2, 0) is 39.6 Å². The second kappa shape index (κ2) is 8.84. The van der Waals surface area contributed by atoms with Crippen LogP contribution < -0.4 is 5.32 Å². The van der Waals surface area contributed by atoms with Crippen LogP contribution in [0, 0.1) is 0 Å². The van der Waals surface area contributed by atoms with Gasteiger partial charge in [0, 0.05) is 12.7 Å². The Balaban J connectivity index is 1.48. The molecule has 4 rings (SSSR count). The molecular formula is C23H32N2O8. The van der Waals surface area contributed by atoms with Gasteiger partial charge in [-0.1, -0.05) is 12.1 Å². The number of carbonyl (C=O) groups is 2. The molecule has 0 spiro atoms. The minimum atomic E-state index is -0.822. The van der Waals surface area contributed by atoms with Crippen molar-refractivity contribution in [2.75, 3.05) is 26.1 Å². The van der Waals surface area contributed by atoms with E-state index in [1.54, 1.807) is 36.2 Å². The molecule has 182 valence electrons. The van der Waals surface area contributed by atoms with Crippen molar-refractivity contribution in [3.8, 4) is 0 Å². The Morgan fingerprint density at radius 1 is 1.06 bits per heavy atom. The molecule has 0 radical (unpaired) electrons. The number of amides is 2. The zero-order valence-electron chi connectivity index (χ0n) is 19.8. The van der Waals surface area contributed by atoms with Crippen molar-refractivity contribution in [1.82, 2.24) is 4.90 Å². The maximum atomic E-state index is 13.2. The van der Waals surface area contributed by atoms with E-state index in [0.29, 0.717) is 12.3 Å². The van der Waals surface area contributed by atoms with Gasteiger partial charge in [-0.05, 0) is 45.4 Å². The monoisotopic (exact) mass is 464 g/mol. The molecule has 1 aromatic carbocycles. The van der Waals surface area contributed by atoms with Crippen molar-refractivity contribution in [1.29, 1.82) is 0 Å². The standard InChI is InChI=1S/C23H32N2O8/c1-22(2)29-12-15(31-22)18-17(19-20(30-18)33-23(3,4)32-19)25(5)21(27)24-14-9-7-13(8-10-14)11-16(26)28-6/h7-10,15,17-20H,11-12H2,1-6H3,(H,24,27)/t15-,17-,18-,19-,20-/m1/s1. The number of hydrogen-bond donors (Lipinski definition) is 1. The topological polar surface area (TPSA) is 105 Å². The van der Waals surface area contributed by atoms with E-state index in [9.17, 15) is 9.59 Å². The van der Waals surface area contributed by atoms with Crippen LogP contribution in [0.25, 0.3) is 0 Å². The Labute approximate surface area is 193 Å². The van der Waals surface area contributed by atoms with Crippen molar-refractivity contribution in [2.45, 2.75) is 76.3 Å². The molecule has 0 aromatic heterocycles. The molecule has 3 fully saturated rings. The summed E-state index contributed by atoms with van der Waals surface area (Å²) in [6, 6.07) is 6.23. The minimum Gasteiger partial charge on any atom is -0.469 e.